The molecule has 0 rings (SSSR count). The fourth-order valence-corrected chi connectivity index (χ4v) is 0.257. The van der Waals surface area contributed by atoms with E-state index in [1.165, 1.54) is 6.20 Å². The number of nitrogens with zero attached hydrogens (tertiary/aromatic N) is 3. The summed E-state index contributed by atoms with van der Waals surface area (Å²) < 4.78 is 0. The SMILES string of the molecule is C=N/C=C/N=CN(C)C. The van der Waals surface area contributed by atoms with E-state index in [2.05, 4.69) is 16.7 Å². The van der Waals surface area contributed by atoms with Gasteiger partial charge in [-0.2, -0.15) is 0 Å². The first kappa shape index (κ1) is 7.88. The van der Waals surface area contributed by atoms with Gasteiger partial charge in [0.05, 0.1) is 6.34 Å². The van der Waals surface area contributed by atoms with Gasteiger partial charge in [-0.05, 0) is 6.72 Å². The van der Waals surface area contributed by atoms with Gasteiger partial charge < -0.3 is 4.90 Å². The molecule has 0 aromatic carbocycles. The molecule has 0 aromatic heterocycles. The highest BCUT2D eigenvalue weighted by molar-refractivity contribution is 5.54. The molecule has 0 N–H and O–H groups in total. The second kappa shape index (κ2) is 5.03. The van der Waals surface area contributed by atoms with Gasteiger partial charge >= 0.3 is 0 Å². The van der Waals surface area contributed by atoms with Gasteiger partial charge in [0.2, 0.25) is 0 Å². The number of hydrogen-bond donors (Lipinski definition) is 0. The zero-order valence-corrected chi connectivity index (χ0v) is 5.78. The Morgan fingerprint density at radius 3 is 2.44 bits per heavy atom. The van der Waals surface area contributed by atoms with Crippen LogP contribution in [0.5, 0.6) is 0 Å². The van der Waals surface area contributed by atoms with E-state index in [1.54, 1.807) is 12.5 Å². The Bertz CT molecular complexity index is 124. The molecule has 0 bridgehead atoms. The van der Waals surface area contributed by atoms with Gasteiger partial charge in [-0.1, -0.05) is 0 Å². The van der Waals surface area contributed by atoms with Crippen molar-refractivity contribution in [3.63, 3.8) is 0 Å². The van der Waals surface area contributed by atoms with Crippen molar-refractivity contribution in [3.8, 4) is 0 Å². The van der Waals surface area contributed by atoms with Gasteiger partial charge in [0.25, 0.3) is 0 Å². The molecule has 0 radical (unpaired) electrons. The van der Waals surface area contributed by atoms with Crippen LogP contribution in [0.1, 0.15) is 0 Å². The summed E-state index contributed by atoms with van der Waals surface area (Å²) in [5.41, 5.74) is 0. The zero-order chi connectivity index (χ0) is 7.11. The van der Waals surface area contributed by atoms with Crippen molar-refractivity contribution in [3.05, 3.63) is 12.4 Å². The lowest BCUT2D eigenvalue weighted by atomic mass is 10.9. The summed E-state index contributed by atoms with van der Waals surface area (Å²) in [6.45, 7) is 3.25. The molecule has 0 saturated heterocycles. The Morgan fingerprint density at radius 2 is 2.00 bits per heavy atom. The van der Waals surface area contributed by atoms with E-state index in [9.17, 15) is 0 Å². The van der Waals surface area contributed by atoms with Crippen LogP contribution in [0, 0.1) is 0 Å². The second-order valence-corrected chi connectivity index (χ2v) is 1.71. The molecular formula is C6H11N3. The monoisotopic (exact) mass is 125 g/mol. The molecule has 0 aliphatic heterocycles. The lowest BCUT2D eigenvalue weighted by molar-refractivity contribution is 0.643. The van der Waals surface area contributed by atoms with Crippen molar-refractivity contribution in [1.82, 2.24) is 4.90 Å². The average molecular weight is 125 g/mol. The number of rotatable bonds is 3. The first-order valence-corrected chi connectivity index (χ1v) is 2.58. The number of aliphatic imine (C=N–C) groups is 2. The van der Waals surface area contributed by atoms with Gasteiger partial charge in [0.15, 0.2) is 0 Å². The van der Waals surface area contributed by atoms with Gasteiger partial charge in [-0.15, -0.1) is 0 Å². The maximum absolute atomic E-state index is 3.85. The van der Waals surface area contributed by atoms with Crippen LogP contribution in [-0.4, -0.2) is 32.1 Å². The van der Waals surface area contributed by atoms with Crippen molar-refractivity contribution in [2.75, 3.05) is 14.1 Å². The molecule has 0 fully saturated rings. The minimum atomic E-state index is 1.53. The molecule has 3 nitrogen and oxygen atoms in total. The highest BCUT2D eigenvalue weighted by Gasteiger charge is 1.70. The molecule has 0 heterocycles. The van der Waals surface area contributed by atoms with Crippen molar-refractivity contribution in [2.24, 2.45) is 9.98 Å². The highest BCUT2D eigenvalue weighted by atomic mass is 15.1. The van der Waals surface area contributed by atoms with Crippen LogP contribution in [0.3, 0.4) is 0 Å². The summed E-state index contributed by atoms with van der Waals surface area (Å²) in [7, 11) is 3.80. The van der Waals surface area contributed by atoms with Crippen molar-refractivity contribution in [2.45, 2.75) is 0 Å². The van der Waals surface area contributed by atoms with Crippen LogP contribution in [-0.2, 0) is 0 Å². The first-order chi connectivity index (χ1) is 4.27. The number of hydrogen-bond acceptors (Lipinski definition) is 2. The summed E-state index contributed by atoms with van der Waals surface area (Å²) in [4.78, 5) is 9.16. The summed E-state index contributed by atoms with van der Waals surface area (Å²) in [6.07, 6.45) is 4.79. The largest absolute Gasteiger partial charge is 0.369 e. The molecule has 0 aliphatic carbocycles. The van der Waals surface area contributed by atoms with Gasteiger partial charge in [0.1, 0.15) is 0 Å². The van der Waals surface area contributed by atoms with E-state index in [1.807, 2.05) is 19.0 Å². The smallest absolute Gasteiger partial charge is 0.0900 e. The first-order valence-electron chi connectivity index (χ1n) is 2.58. The normalized spacial score (nSPS) is 10.9. The molecule has 0 atom stereocenters. The van der Waals surface area contributed by atoms with Crippen LogP contribution in [0.4, 0.5) is 0 Å². The molecule has 0 unspecified atom stereocenters. The van der Waals surface area contributed by atoms with E-state index in [-0.39, 0.29) is 0 Å². The fourth-order valence-electron chi connectivity index (χ4n) is 0.257. The predicted octanol–water partition coefficient (Wildman–Crippen LogP) is 0.748. The molecule has 0 amide bonds. The third kappa shape index (κ3) is 6.88. The maximum Gasteiger partial charge on any atom is 0.0900 e. The second-order valence-electron chi connectivity index (χ2n) is 1.71. The quantitative estimate of drug-likeness (QED) is 0.404. The van der Waals surface area contributed by atoms with Gasteiger partial charge in [0, 0.05) is 26.5 Å². The molecule has 0 spiro atoms. The van der Waals surface area contributed by atoms with Crippen LogP contribution < -0.4 is 0 Å². The van der Waals surface area contributed by atoms with Crippen molar-refractivity contribution in [1.29, 1.82) is 0 Å². The molecule has 0 saturated carbocycles. The average Bonchev–Trinajstić information content (AvgIpc) is 1.80. The van der Waals surface area contributed by atoms with E-state index in [4.69, 9.17) is 0 Å². The van der Waals surface area contributed by atoms with Crippen LogP contribution in [0.2, 0.25) is 0 Å². The molecule has 3 heteroatoms. The van der Waals surface area contributed by atoms with Crippen LogP contribution >= 0.6 is 0 Å². The van der Waals surface area contributed by atoms with E-state index >= 15 is 0 Å². The van der Waals surface area contributed by atoms with Gasteiger partial charge in [-0.3, -0.25) is 4.99 Å². The summed E-state index contributed by atoms with van der Waals surface area (Å²) in [5, 5.41) is 0. The van der Waals surface area contributed by atoms with E-state index in [0.29, 0.717) is 0 Å². The van der Waals surface area contributed by atoms with Crippen molar-refractivity contribution < 1.29 is 0 Å². The summed E-state index contributed by atoms with van der Waals surface area (Å²) in [5.74, 6) is 0. The lowest BCUT2D eigenvalue weighted by Crippen LogP contribution is -2.06. The molecule has 9 heavy (non-hydrogen) atoms. The zero-order valence-electron chi connectivity index (χ0n) is 5.78. The molecular weight excluding hydrogens is 114 g/mol. The van der Waals surface area contributed by atoms with E-state index in [0.717, 1.165) is 0 Å². The topological polar surface area (TPSA) is 28.0 Å². The van der Waals surface area contributed by atoms with Crippen LogP contribution in [0.25, 0.3) is 0 Å². The Kier molecular flexibility index (Phi) is 4.40. The minimum Gasteiger partial charge on any atom is -0.369 e. The standard InChI is InChI=1S/C6H11N3/c1-7-4-5-8-6-9(2)3/h4-6H,1H2,2-3H3/b5-4+,8-6?. The van der Waals surface area contributed by atoms with Crippen molar-refractivity contribution >= 4 is 13.1 Å². The van der Waals surface area contributed by atoms with Crippen LogP contribution in [0.15, 0.2) is 22.4 Å². The summed E-state index contributed by atoms with van der Waals surface area (Å²) in [6, 6.07) is 0. The van der Waals surface area contributed by atoms with E-state index < -0.39 is 0 Å². The molecule has 0 aliphatic rings. The third-order valence-corrected chi connectivity index (χ3v) is 0.556. The molecule has 50 valence electrons. The Labute approximate surface area is 55.4 Å². The third-order valence-electron chi connectivity index (χ3n) is 0.556. The summed E-state index contributed by atoms with van der Waals surface area (Å²) >= 11 is 0. The lowest BCUT2D eigenvalue weighted by Gasteiger charge is -1.98. The highest BCUT2D eigenvalue weighted by Crippen LogP contribution is 1.73. The fraction of sp³-hybridized carbons (Fsp3) is 0.333. The Balaban J connectivity index is 3.46. The Morgan fingerprint density at radius 1 is 1.33 bits per heavy atom. The predicted molar refractivity (Wildman–Crippen MR) is 40.9 cm³/mol. The molecule has 0 aromatic rings. The van der Waals surface area contributed by atoms with Gasteiger partial charge in [-0.25, -0.2) is 4.99 Å². The Hall–Kier alpha value is -1.12. The minimum absolute atomic E-state index is 1.53. The maximum atomic E-state index is 3.85.